The number of nitrogens with zero attached hydrogens (tertiary/aromatic N) is 2. The lowest BCUT2D eigenvalue weighted by molar-refractivity contribution is 0.0506. The van der Waals surface area contributed by atoms with Crippen molar-refractivity contribution >= 4 is 17.6 Å². The Morgan fingerprint density at radius 1 is 0.833 bits per heavy atom. The molecule has 0 N–H and O–H groups in total. The van der Waals surface area contributed by atoms with E-state index in [2.05, 4.69) is 48.5 Å². The first-order valence-electron chi connectivity index (χ1n) is 13.0. The molecule has 2 aliphatic heterocycles. The number of ketones is 1. The van der Waals surface area contributed by atoms with Crippen LogP contribution < -0.4 is 4.90 Å². The standard InChI is InChI=1S/C31H32N2O3/c1-32(2)22-13-11-20(12-14-22)30(34)21-17-23-15-16-24(18-21)33(23)31(35)36-19-29-27-9-5-3-7-25(27)26-8-4-6-10-28(26)29/h3-14,21,23-24,29H,15-19H2,1-2H3. The Balaban J connectivity index is 1.12. The molecule has 3 aromatic carbocycles. The molecule has 0 aromatic heterocycles. The number of fused-ring (bicyclic) bond motifs is 5. The molecule has 184 valence electrons. The number of ether oxygens (including phenoxy) is 1. The minimum atomic E-state index is -0.231. The summed E-state index contributed by atoms with van der Waals surface area (Å²) < 4.78 is 5.97. The van der Waals surface area contributed by atoms with Gasteiger partial charge < -0.3 is 14.5 Å². The minimum Gasteiger partial charge on any atom is -0.448 e. The third-order valence-electron chi connectivity index (χ3n) is 8.32. The molecular weight excluding hydrogens is 448 g/mol. The topological polar surface area (TPSA) is 49.9 Å². The summed E-state index contributed by atoms with van der Waals surface area (Å²) in [6, 6.07) is 24.8. The highest BCUT2D eigenvalue weighted by molar-refractivity contribution is 5.98. The third kappa shape index (κ3) is 3.87. The molecule has 2 unspecified atom stereocenters. The maximum absolute atomic E-state index is 13.3. The summed E-state index contributed by atoms with van der Waals surface area (Å²) >= 11 is 0. The molecule has 0 spiro atoms. The normalized spacial score (nSPS) is 22.2. The van der Waals surface area contributed by atoms with Gasteiger partial charge in [-0.1, -0.05) is 48.5 Å². The Morgan fingerprint density at radius 2 is 1.39 bits per heavy atom. The van der Waals surface area contributed by atoms with E-state index in [4.69, 9.17) is 4.74 Å². The van der Waals surface area contributed by atoms with E-state index in [0.29, 0.717) is 6.61 Å². The fourth-order valence-corrected chi connectivity index (χ4v) is 6.52. The lowest BCUT2D eigenvalue weighted by Crippen LogP contribution is -2.48. The molecule has 1 aliphatic carbocycles. The molecule has 5 heteroatoms. The van der Waals surface area contributed by atoms with Crippen LogP contribution in [0.4, 0.5) is 10.5 Å². The van der Waals surface area contributed by atoms with Crippen LogP contribution in [0.5, 0.6) is 0 Å². The smallest absolute Gasteiger partial charge is 0.410 e. The molecular formula is C31H32N2O3. The fourth-order valence-electron chi connectivity index (χ4n) is 6.52. The second-order valence-electron chi connectivity index (χ2n) is 10.6. The number of piperidine rings is 1. The fraction of sp³-hybridized carbons (Fsp3) is 0.355. The van der Waals surface area contributed by atoms with Crippen LogP contribution in [0.3, 0.4) is 0 Å². The van der Waals surface area contributed by atoms with Crippen molar-refractivity contribution in [2.45, 2.75) is 43.7 Å². The first-order valence-corrected chi connectivity index (χ1v) is 13.0. The number of carbonyl (C=O) groups is 2. The summed E-state index contributed by atoms with van der Waals surface area (Å²) in [4.78, 5) is 30.5. The Labute approximate surface area is 212 Å². The van der Waals surface area contributed by atoms with Gasteiger partial charge in [-0.2, -0.15) is 0 Å². The second kappa shape index (κ2) is 9.12. The molecule has 3 aromatic rings. The SMILES string of the molecule is CN(C)c1ccc(C(=O)C2CC3CCC(C2)N3C(=O)OCC2c3ccccc3-c3ccccc32)cc1. The van der Waals surface area contributed by atoms with E-state index < -0.39 is 0 Å². The number of hydrogen-bond acceptors (Lipinski definition) is 4. The van der Waals surface area contributed by atoms with E-state index in [-0.39, 0.29) is 35.8 Å². The first-order chi connectivity index (χ1) is 17.5. The Bertz CT molecular complexity index is 1240. The number of Topliss-reactive ketones (excluding diaryl/α,β-unsaturated/α-hetero) is 1. The van der Waals surface area contributed by atoms with Crippen LogP contribution in [-0.4, -0.2) is 49.6 Å². The number of rotatable bonds is 5. The Kier molecular flexibility index (Phi) is 5.79. The zero-order chi connectivity index (χ0) is 24.8. The van der Waals surface area contributed by atoms with Gasteiger partial charge in [-0.25, -0.2) is 4.79 Å². The molecule has 6 rings (SSSR count). The van der Waals surface area contributed by atoms with Crippen LogP contribution >= 0.6 is 0 Å². The number of hydrogen-bond donors (Lipinski definition) is 0. The lowest BCUT2D eigenvalue weighted by atomic mass is 9.85. The van der Waals surface area contributed by atoms with E-state index in [1.54, 1.807) is 0 Å². The molecule has 36 heavy (non-hydrogen) atoms. The molecule has 1 amide bonds. The van der Waals surface area contributed by atoms with Gasteiger partial charge in [-0.3, -0.25) is 4.79 Å². The van der Waals surface area contributed by atoms with Crippen molar-refractivity contribution in [2.75, 3.05) is 25.6 Å². The van der Waals surface area contributed by atoms with E-state index in [1.165, 1.54) is 22.3 Å². The van der Waals surface area contributed by atoms with E-state index in [0.717, 1.165) is 36.9 Å². The lowest BCUT2D eigenvalue weighted by Gasteiger charge is -2.37. The quantitative estimate of drug-likeness (QED) is 0.413. The average Bonchev–Trinajstić information content (AvgIpc) is 3.37. The van der Waals surface area contributed by atoms with Gasteiger partial charge >= 0.3 is 6.09 Å². The van der Waals surface area contributed by atoms with Crippen molar-refractivity contribution in [2.24, 2.45) is 5.92 Å². The van der Waals surface area contributed by atoms with Gasteiger partial charge in [0.2, 0.25) is 0 Å². The summed E-state index contributed by atoms with van der Waals surface area (Å²) in [6.07, 6.45) is 3.09. The van der Waals surface area contributed by atoms with E-state index >= 15 is 0 Å². The van der Waals surface area contributed by atoms with E-state index in [9.17, 15) is 9.59 Å². The molecule has 2 bridgehead atoms. The molecule has 0 radical (unpaired) electrons. The molecule has 2 saturated heterocycles. The molecule has 2 fully saturated rings. The van der Waals surface area contributed by atoms with Crippen molar-refractivity contribution in [1.82, 2.24) is 4.90 Å². The van der Waals surface area contributed by atoms with Gasteiger partial charge in [-0.05, 0) is 72.2 Å². The van der Waals surface area contributed by atoms with Gasteiger partial charge in [0.1, 0.15) is 6.61 Å². The predicted molar refractivity (Wildman–Crippen MR) is 142 cm³/mol. The average molecular weight is 481 g/mol. The number of amides is 1. The van der Waals surface area contributed by atoms with Crippen molar-refractivity contribution in [3.8, 4) is 11.1 Å². The van der Waals surface area contributed by atoms with Crippen LogP contribution in [-0.2, 0) is 4.74 Å². The Hall–Kier alpha value is -3.60. The second-order valence-corrected chi connectivity index (χ2v) is 10.6. The zero-order valence-corrected chi connectivity index (χ0v) is 20.9. The molecule has 0 saturated carbocycles. The highest BCUT2D eigenvalue weighted by Crippen LogP contribution is 2.45. The number of benzene rings is 3. The van der Waals surface area contributed by atoms with Crippen LogP contribution in [0, 0.1) is 5.92 Å². The van der Waals surface area contributed by atoms with Crippen molar-refractivity contribution in [1.29, 1.82) is 0 Å². The van der Waals surface area contributed by atoms with Crippen molar-refractivity contribution in [3.63, 3.8) is 0 Å². The maximum atomic E-state index is 13.3. The molecule has 5 nitrogen and oxygen atoms in total. The van der Waals surface area contributed by atoms with Gasteiger partial charge in [0.25, 0.3) is 0 Å². The summed E-state index contributed by atoms with van der Waals surface area (Å²) in [5.74, 6) is 0.220. The van der Waals surface area contributed by atoms with Gasteiger partial charge in [-0.15, -0.1) is 0 Å². The summed E-state index contributed by atoms with van der Waals surface area (Å²) in [6.45, 7) is 0.337. The maximum Gasteiger partial charge on any atom is 0.410 e. The number of carbonyl (C=O) groups excluding carboxylic acids is 2. The third-order valence-corrected chi connectivity index (χ3v) is 8.32. The van der Waals surface area contributed by atoms with Crippen LogP contribution in [0.15, 0.2) is 72.8 Å². The number of anilines is 1. The van der Waals surface area contributed by atoms with E-state index in [1.807, 2.05) is 48.2 Å². The van der Waals surface area contributed by atoms with Crippen LogP contribution in [0.2, 0.25) is 0 Å². The first kappa shape index (κ1) is 22.8. The van der Waals surface area contributed by atoms with Gasteiger partial charge in [0.05, 0.1) is 0 Å². The van der Waals surface area contributed by atoms with Crippen molar-refractivity contribution < 1.29 is 14.3 Å². The monoisotopic (exact) mass is 480 g/mol. The molecule has 3 aliphatic rings. The zero-order valence-electron chi connectivity index (χ0n) is 20.9. The molecule has 2 heterocycles. The molecule has 2 atom stereocenters. The summed E-state index contributed by atoms with van der Waals surface area (Å²) in [7, 11) is 3.99. The van der Waals surface area contributed by atoms with Crippen molar-refractivity contribution in [3.05, 3.63) is 89.5 Å². The Morgan fingerprint density at radius 3 is 1.94 bits per heavy atom. The summed E-state index contributed by atoms with van der Waals surface area (Å²) in [5.41, 5.74) is 6.74. The van der Waals surface area contributed by atoms with Gasteiger partial charge in [0, 0.05) is 49.3 Å². The summed E-state index contributed by atoms with van der Waals surface area (Å²) in [5, 5.41) is 0. The predicted octanol–water partition coefficient (Wildman–Crippen LogP) is 6.13. The minimum absolute atomic E-state index is 0.0367. The largest absolute Gasteiger partial charge is 0.448 e. The van der Waals surface area contributed by atoms with Crippen LogP contribution in [0.1, 0.15) is 53.1 Å². The highest BCUT2D eigenvalue weighted by Gasteiger charge is 2.46. The highest BCUT2D eigenvalue weighted by atomic mass is 16.6. The van der Waals surface area contributed by atoms with Gasteiger partial charge in [0.15, 0.2) is 5.78 Å². The van der Waals surface area contributed by atoms with Crippen LogP contribution in [0.25, 0.3) is 11.1 Å².